The second-order valence-corrected chi connectivity index (χ2v) is 5.06. The van der Waals surface area contributed by atoms with E-state index in [-0.39, 0.29) is 0 Å². The van der Waals surface area contributed by atoms with Crippen molar-refractivity contribution in [2.24, 2.45) is 0 Å². The van der Waals surface area contributed by atoms with Crippen molar-refractivity contribution in [1.29, 1.82) is 0 Å². The van der Waals surface area contributed by atoms with Gasteiger partial charge in [0, 0.05) is 20.0 Å². The molecule has 0 fully saturated rings. The van der Waals surface area contributed by atoms with Gasteiger partial charge in [0.25, 0.3) is 5.89 Å². The molecule has 7 heteroatoms. The summed E-state index contributed by atoms with van der Waals surface area (Å²) >= 11 is 1.40. The van der Waals surface area contributed by atoms with E-state index in [4.69, 9.17) is 4.52 Å². The highest BCUT2D eigenvalue weighted by Crippen LogP contribution is 2.33. The first kappa shape index (κ1) is 13.0. The number of rotatable bonds is 5. The molecule has 0 bridgehead atoms. The summed E-state index contributed by atoms with van der Waals surface area (Å²) in [7, 11) is 5.90. The summed E-state index contributed by atoms with van der Waals surface area (Å²) < 4.78 is 9.60. The molecule has 18 heavy (non-hydrogen) atoms. The highest BCUT2D eigenvalue weighted by atomic mass is 32.1. The molecule has 2 heterocycles. The summed E-state index contributed by atoms with van der Waals surface area (Å²) in [5.74, 6) is 1.27. The molecule has 0 aliphatic rings. The Kier molecular flexibility index (Phi) is 3.93. The van der Waals surface area contributed by atoms with Gasteiger partial charge >= 0.3 is 0 Å². The predicted molar refractivity (Wildman–Crippen MR) is 71.9 cm³/mol. The Bertz CT molecular complexity index is 519. The van der Waals surface area contributed by atoms with Crippen LogP contribution in [0.1, 0.15) is 11.5 Å². The van der Waals surface area contributed by atoms with E-state index in [2.05, 4.69) is 24.7 Å². The number of aromatic nitrogens is 3. The first-order valence-electron chi connectivity index (χ1n) is 5.73. The zero-order valence-corrected chi connectivity index (χ0v) is 11.8. The first-order valence-corrected chi connectivity index (χ1v) is 6.51. The van der Waals surface area contributed by atoms with Crippen LogP contribution in [0.3, 0.4) is 0 Å². The number of hydrogen-bond donors (Lipinski definition) is 1. The largest absolute Gasteiger partial charge is 0.378 e. The molecule has 98 valence electrons. The highest BCUT2D eigenvalue weighted by molar-refractivity contribution is 7.10. The van der Waals surface area contributed by atoms with Crippen molar-refractivity contribution in [2.75, 3.05) is 33.0 Å². The standard InChI is InChI=1S/C11H17N5OS/c1-7-9(11(12-2)18-15-7)10-13-8(14-17-10)5-6-16(3)4/h12H,5-6H2,1-4H3. The van der Waals surface area contributed by atoms with Crippen molar-refractivity contribution in [3.63, 3.8) is 0 Å². The minimum absolute atomic E-state index is 0.541. The molecule has 1 N–H and O–H groups in total. The first-order chi connectivity index (χ1) is 8.61. The topological polar surface area (TPSA) is 67.1 Å². The van der Waals surface area contributed by atoms with E-state index in [1.165, 1.54) is 11.5 Å². The average molecular weight is 267 g/mol. The molecular formula is C11H17N5OS. The number of likely N-dealkylation sites (N-methyl/N-ethyl adjacent to an activating group) is 1. The van der Waals surface area contributed by atoms with Gasteiger partial charge in [-0.05, 0) is 32.6 Å². The molecule has 0 spiro atoms. The van der Waals surface area contributed by atoms with Crippen LogP contribution in [0, 0.1) is 6.92 Å². The molecule has 0 aromatic carbocycles. The van der Waals surface area contributed by atoms with Crippen molar-refractivity contribution in [2.45, 2.75) is 13.3 Å². The fraction of sp³-hybridized carbons (Fsp3) is 0.545. The quantitative estimate of drug-likeness (QED) is 0.888. The Labute approximate surface area is 110 Å². The van der Waals surface area contributed by atoms with E-state index in [0.717, 1.165) is 35.0 Å². The van der Waals surface area contributed by atoms with E-state index in [0.29, 0.717) is 5.89 Å². The van der Waals surface area contributed by atoms with Gasteiger partial charge in [-0.1, -0.05) is 5.16 Å². The van der Waals surface area contributed by atoms with Crippen LogP contribution in [0.4, 0.5) is 5.00 Å². The molecule has 6 nitrogen and oxygen atoms in total. The van der Waals surface area contributed by atoms with Crippen molar-refractivity contribution in [3.8, 4) is 11.5 Å². The lowest BCUT2D eigenvalue weighted by molar-refractivity contribution is 0.392. The van der Waals surface area contributed by atoms with Crippen molar-refractivity contribution in [1.82, 2.24) is 19.4 Å². The summed E-state index contributed by atoms with van der Waals surface area (Å²) in [6, 6.07) is 0. The molecule has 2 rings (SSSR count). The smallest absolute Gasteiger partial charge is 0.262 e. The van der Waals surface area contributed by atoms with Crippen LogP contribution in [0.5, 0.6) is 0 Å². The Hall–Kier alpha value is -1.47. The van der Waals surface area contributed by atoms with Crippen LogP contribution >= 0.6 is 11.5 Å². The summed E-state index contributed by atoms with van der Waals surface area (Å²) in [6.07, 6.45) is 0.780. The van der Waals surface area contributed by atoms with E-state index < -0.39 is 0 Å². The number of anilines is 1. The maximum atomic E-state index is 5.31. The van der Waals surface area contributed by atoms with E-state index in [9.17, 15) is 0 Å². The third-order valence-corrected chi connectivity index (χ3v) is 3.51. The van der Waals surface area contributed by atoms with Gasteiger partial charge in [-0.2, -0.15) is 9.36 Å². The minimum Gasteiger partial charge on any atom is -0.378 e. The number of nitrogens with zero attached hydrogens (tertiary/aromatic N) is 4. The third-order valence-electron chi connectivity index (χ3n) is 2.55. The van der Waals surface area contributed by atoms with Gasteiger partial charge in [0.2, 0.25) is 0 Å². The SMILES string of the molecule is CNc1snc(C)c1-c1nc(CCN(C)C)no1. The summed E-state index contributed by atoms with van der Waals surface area (Å²) in [4.78, 5) is 6.51. The second kappa shape index (κ2) is 5.45. The van der Waals surface area contributed by atoms with Gasteiger partial charge in [-0.3, -0.25) is 0 Å². The molecule has 0 unspecified atom stereocenters. The molecule has 2 aromatic heterocycles. The van der Waals surface area contributed by atoms with E-state index >= 15 is 0 Å². The molecule has 0 amide bonds. The zero-order chi connectivity index (χ0) is 13.1. The van der Waals surface area contributed by atoms with Crippen LogP contribution < -0.4 is 5.32 Å². The monoisotopic (exact) mass is 267 g/mol. The predicted octanol–water partition coefficient (Wildman–Crippen LogP) is 1.65. The molecule has 0 atom stereocenters. The summed E-state index contributed by atoms with van der Waals surface area (Å²) in [5, 5.41) is 8.05. The van der Waals surface area contributed by atoms with Crippen LogP contribution in [-0.2, 0) is 6.42 Å². The second-order valence-electron chi connectivity index (χ2n) is 4.29. The Balaban J connectivity index is 2.21. The lowest BCUT2D eigenvalue weighted by Crippen LogP contribution is -2.15. The van der Waals surface area contributed by atoms with Crippen LogP contribution in [0.15, 0.2) is 4.52 Å². The molecule has 0 radical (unpaired) electrons. The average Bonchev–Trinajstić information content (AvgIpc) is 2.92. The van der Waals surface area contributed by atoms with Crippen molar-refractivity contribution in [3.05, 3.63) is 11.5 Å². The zero-order valence-electron chi connectivity index (χ0n) is 11.0. The molecular weight excluding hydrogens is 250 g/mol. The summed E-state index contributed by atoms with van der Waals surface area (Å²) in [6.45, 7) is 2.84. The summed E-state index contributed by atoms with van der Waals surface area (Å²) in [5.41, 5.74) is 1.82. The van der Waals surface area contributed by atoms with Gasteiger partial charge in [0.1, 0.15) is 5.00 Å². The van der Waals surface area contributed by atoms with Gasteiger partial charge < -0.3 is 14.7 Å². The van der Waals surface area contributed by atoms with E-state index in [1.807, 2.05) is 28.1 Å². The molecule has 0 saturated heterocycles. The Morgan fingerprint density at radius 2 is 2.17 bits per heavy atom. The van der Waals surface area contributed by atoms with Crippen LogP contribution in [-0.4, -0.2) is 47.1 Å². The third kappa shape index (κ3) is 2.68. The number of hydrogen-bond acceptors (Lipinski definition) is 7. The van der Waals surface area contributed by atoms with Gasteiger partial charge in [-0.25, -0.2) is 0 Å². The van der Waals surface area contributed by atoms with Crippen molar-refractivity contribution >= 4 is 16.5 Å². The normalized spacial score (nSPS) is 11.2. The van der Waals surface area contributed by atoms with Crippen LogP contribution in [0.2, 0.25) is 0 Å². The van der Waals surface area contributed by atoms with Gasteiger partial charge in [-0.15, -0.1) is 0 Å². The Morgan fingerprint density at radius 1 is 1.39 bits per heavy atom. The molecule has 0 aliphatic carbocycles. The van der Waals surface area contributed by atoms with Crippen LogP contribution in [0.25, 0.3) is 11.5 Å². The highest BCUT2D eigenvalue weighted by Gasteiger charge is 2.18. The fourth-order valence-electron chi connectivity index (χ4n) is 1.57. The minimum atomic E-state index is 0.541. The van der Waals surface area contributed by atoms with Gasteiger partial charge in [0.05, 0.1) is 11.3 Å². The van der Waals surface area contributed by atoms with Gasteiger partial charge in [0.15, 0.2) is 5.82 Å². The molecule has 0 aliphatic heterocycles. The number of aryl methyl sites for hydroxylation is 1. The maximum Gasteiger partial charge on any atom is 0.262 e. The number of nitrogens with one attached hydrogen (secondary N) is 1. The maximum absolute atomic E-state index is 5.31. The molecule has 2 aromatic rings. The Morgan fingerprint density at radius 3 is 2.83 bits per heavy atom. The fourth-order valence-corrected chi connectivity index (χ4v) is 2.31. The van der Waals surface area contributed by atoms with Crippen molar-refractivity contribution < 1.29 is 4.52 Å². The lowest BCUT2D eigenvalue weighted by Gasteiger charge is -2.05. The molecule has 0 saturated carbocycles. The van der Waals surface area contributed by atoms with E-state index in [1.54, 1.807) is 0 Å². The lowest BCUT2D eigenvalue weighted by atomic mass is 10.2.